The minimum atomic E-state index is 0.0601. The van der Waals surface area contributed by atoms with Crippen LogP contribution in [-0.2, 0) is 0 Å². The standard InChI is InChI=1S/C16H25NO/c1-9(2)8-17-16(18)15-13(6)11(4)10(3)12(5)14(15)7/h9H,8H2,1-7H3,(H,17,18). The Balaban J connectivity index is 3.21. The Morgan fingerprint density at radius 3 is 1.67 bits per heavy atom. The van der Waals surface area contributed by atoms with Crippen LogP contribution in [0, 0.1) is 40.5 Å². The molecule has 0 aromatic heterocycles. The monoisotopic (exact) mass is 247 g/mol. The van der Waals surface area contributed by atoms with Crippen molar-refractivity contribution in [3.05, 3.63) is 33.4 Å². The van der Waals surface area contributed by atoms with Crippen molar-refractivity contribution in [3.63, 3.8) is 0 Å². The van der Waals surface area contributed by atoms with Gasteiger partial charge in [-0.05, 0) is 68.4 Å². The van der Waals surface area contributed by atoms with E-state index in [4.69, 9.17) is 0 Å². The van der Waals surface area contributed by atoms with Crippen molar-refractivity contribution in [2.45, 2.75) is 48.5 Å². The van der Waals surface area contributed by atoms with Gasteiger partial charge in [0.25, 0.3) is 5.91 Å². The van der Waals surface area contributed by atoms with E-state index in [2.05, 4.69) is 39.9 Å². The van der Waals surface area contributed by atoms with E-state index in [0.717, 1.165) is 23.2 Å². The molecule has 0 atom stereocenters. The first kappa shape index (κ1) is 14.7. The highest BCUT2D eigenvalue weighted by atomic mass is 16.1. The maximum Gasteiger partial charge on any atom is 0.251 e. The molecule has 1 N–H and O–H groups in total. The highest BCUT2D eigenvalue weighted by Gasteiger charge is 2.17. The normalized spacial score (nSPS) is 10.9. The Kier molecular flexibility index (Phi) is 4.55. The van der Waals surface area contributed by atoms with E-state index in [1.54, 1.807) is 0 Å². The first-order valence-corrected chi connectivity index (χ1v) is 6.62. The third-order valence-electron chi connectivity index (χ3n) is 3.90. The Bertz CT molecular complexity index is 443. The predicted octanol–water partition coefficient (Wildman–Crippen LogP) is 3.61. The summed E-state index contributed by atoms with van der Waals surface area (Å²) in [5, 5.41) is 3.02. The van der Waals surface area contributed by atoms with Crippen molar-refractivity contribution < 1.29 is 4.79 Å². The van der Waals surface area contributed by atoms with Gasteiger partial charge in [-0.25, -0.2) is 0 Å². The van der Waals surface area contributed by atoms with Crippen LogP contribution in [0.3, 0.4) is 0 Å². The molecule has 0 saturated heterocycles. The zero-order valence-corrected chi connectivity index (χ0v) is 12.7. The fourth-order valence-corrected chi connectivity index (χ4v) is 2.23. The molecule has 0 saturated carbocycles. The summed E-state index contributed by atoms with van der Waals surface area (Å²) in [5.74, 6) is 0.534. The molecule has 0 fully saturated rings. The van der Waals surface area contributed by atoms with Crippen molar-refractivity contribution in [3.8, 4) is 0 Å². The number of benzene rings is 1. The van der Waals surface area contributed by atoms with E-state index in [1.807, 2.05) is 13.8 Å². The number of carbonyl (C=O) groups is 1. The van der Waals surface area contributed by atoms with Crippen LogP contribution in [0.1, 0.15) is 52.0 Å². The fraction of sp³-hybridized carbons (Fsp3) is 0.562. The summed E-state index contributed by atoms with van der Waals surface area (Å²) in [4.78, 5) is 12.3. The summed E-state index contributed by atoms with van der Waals surface area (Å²) in [6, 6.07) is 0. The van der Waals surface area contributed by atoms with E-state index in [-0.39, 0.29) is 5.91 Å². The molecule has 0 aliphatic heterocycles. The molecule has 100 valence electrons. The molecular formula is C16H25NO. The van der Waals surface area contributed by atoms with Crippen molar-refractivity contribution in [2.24, 2.45) is 5.92 Å². The Morgan fingerprint density at radius 2 is 1.28 bits per heavy atom. The van der Waals surface area contributed by atoms with E-state index < -0.39 is 0 Å². The fourth-order valence-electron chi connectivity index (χ4n) is 2.23. The second-order valence-electron chi connectivity index (χ2n) is 5.60. The minimum absolute atomic E-state index is 0.0601. The van der Waals surface area contributed by atoms with E-state index in [0.29, 0.717) is 5.92 Å². The molecule has 2 nitrogen and oxygen atoms in total. The molecule has 1 aromatic rings. The van der Waals surface area contributed by atoms with Gasteiger partial charge < -0.3 is 5.32 Å². The predicted molar refractivity (Wildman–Crippen MR) is 77.3 cm³/mol. The number of amides is 1. The van der Waals surface area contributed by atoms with Gasteiger partial charge >= 0.3 is 0 Å². The van der Waals surface area contributed by atoms with Crippen molar-refractivity contribution >= 4 is 5.91 Å². The van der Waals surface area contributed by atoms with Crippen LogP contribution in [0.5, 0.6) is 0 Å². The first-order valence-electron chi connectivity index (χ1n) is 6.62. The summed E-state index contributed by atoms with van der Waals surface area (Å²) in [6.07, 6.45) is 0. The maximum absolute atomic E-state index is 12.3. The minimum Gasteiger partial charge on any atom is -0.352 e. The van der Waals surface area contributed by atoms with E-state index in [1.165, 1.54) is 16.7 Å². The molecule has 18 heavy (non-hydrogen) atoms. The average molecular weight is 247 g/mol. The first-order chi connectivity index (χ1) is 8.27. The molecule has 0 unspecified atom stereocenters. The van der Waals surface area contributed by atoms with Crippen LogP contribution in [0.2, 0.25) is 0 Å². The SMILES string of the molecule is Cc1c(C)c(C)c(C(=O)NCC(C)C)c(C)c1C. The van der Waals surface area contributed by atoms with Gasteiger partial charge in [-0.15, -0.1) is 0 Å². The summed E-state index contributed by atoms with van der Waals surface area (Å²) >= 11 is 0. The second kappa shape index (κ2) is 5.55. The zero-order valence-electron chi connectivity index (χ0n) is 12.7. The highest BCUT2D eigenvalue weighted by molar-refractivity contribution is 5.98. The number of carbonyl (C=O) groups excluding carboxylic acids is 1. The lowest BCUT2D eigenvalue weighted by Crippen LogP contribution is -2.29. The van der Waals surface area contributed by atoms with Crippen LogP contribution in [0.25, 0.3) is 0 Å². The van der Waals surface area contributed by atoms with Crippen molar-refractivity contribution in [1.82, 2.24) is 5.32 Å². The van der Waals surface area contributed by atoms with Crippen LogP contribution in [-0.4, -0.2) is 12.5 Å². The van der Waals surface area contributed by atoms with Crippen LogP contribution < -0.4 is 5.32 Å². The summed E-state index contributed by atoms with van der Waals surface area (Å²) in [7, 11) is 0. The average Bonchev–Trinajstić information content (AvgIpc) is 2.31. The quantitative estimate of drug-likeness (QED) is 0.868. The van der Waals surface area contributed by atoms with E-state index >= 15 is 0 Å². The molecule has 1 amide bonds. The highest BCUT2D eigenvalue weighted by Crippen LogP contribution is 2.25. The number of hydrogen-bond acceptors (Lipinski definition) is 1. The van der Waals surface area contributed by atoms with Crippen molar-refractivity contribution in [1.29, 1.82) is 0 Å². The molecule has 0 radical (unpaired) electrons. The lowest BCUT2D eigenvalue weighted by molar-refractivity contribution is 0.0947. The number of rotatable bonds is 3. The van der Waals surface area contributed by atoms with Crippen molar-refractivity contribution in [2.75, 3.05) is 6.54 Å². The molecule has 0 heterocycles. The van der Waals surface area contributed by atoms with Crippen LogP contribution >= 0.6 is 0 Å². The van der Waals surface area contributed by atoms with Gasteiger partial charge in [0.15, 0.2) is 0 Å². The maximum atomic E-state index is 12.3. The molecule has 1 rings (SSSR count). The lowest BCUT2D eigenvalue weighted by atomic mass is 9.89. The Morgan fingerprint density at radius 1 is 0.889 bits per heavy atom. The smallest absolute Gasteiger partial charge is 0.251 e. The molecule has 0 aliphatic carbocycles. The summed E-state index contributed by atoms with van der Waals surface area (Å²) in [6.45, 7) is 15.3. The van der Waals surface area contributed by atoms with Gasteiger partial charge in [-0.2, -0.15) is 0 Å². The molecule has 0 spiro atoms. The van der Waals surface area contributed by atoms with Crippen LogP contribution in [0.4, 0.5) is 0 Å². The summed E-state index contributed by atoms with van der Waals surface area (Å²) < 4.78 is 0. The van der Waals surface area contributed by atoms with Gasteiger partial charge in [0.2, 0.25) is 0 Å². The Labute approximate surface area is 111 Å². The number of nitrogens with one attached hydrogen (secondary N) is 1. The largest absolute Gasteiger partial charge is 0.352 e. The third-order valence-corrected chi connectivity index (χ3v) is 3.90. The van der Waals surface area contributed by atoms with Gasteiger partial charge in [0, 0.05) is 12.1 Å². The van der Waals surface area contributed by atoms with Crippen LogP contribution in [0.15, 0.2) is 0 Å². The summed E-state index contributed by atoms with van der Waals surface area (Å²) in [5.41, 5.74) is 6.83. The zero-order chi connectivity index (χ0) is 14.0. The van der Waals surface area contributed by atoms with Gasteiger partial charge in [0.05, 0.1) is 0 Å². The Hall–Kier alpha value is -1.31. The van der Waals surface area contributed by atoms with Gasteiger partial charge in [-0.3, -0.25) is 4.79 Å². The number of hydrogen-bond donors (Lipinski definition) is 1. The van der Waals surface area contributed by atoms with Gasteiger partial charge in [0.1, 0.15) is 0 Å². The lowest BCUT2D eigenvalue weighted by Gasteiger charge is -2.18. The third kappa shape index (κ3) is 2.74. The molecule has 0 aliphatic rings. The van der Waals surface area contributed by atoms with E-state index in [9.17, 15) is 4.79 Å². The molecule has 0 bridgehead atoms. The molecule has 2 heteroatoms. The molecule has 1 aromatic carbocycles. The second-order valence-corrected chi connectivity index (χ2v) is 5.60. The van der Waals surface area contributed by atoms with Gasteiger partial charge in [-0.1, -0.05) is 13.8 Å². The topological polar surface area (TPSA) is 29.1 Å². The molecular weight excluding hydrogens is 222 g/mol.